The SMILES string of the molecule is O=C(N[C@@H](Cc1ccc(O)cc1Cc1ccccc1)C(=O)O)c1cc2ccc(-c3ccc(Cl)cc3)cc2o1. The third-order valence-corrected chi connectivity index (χ3v) is 6.63. The minimum Gasteiger partial charge on any atom is -0.508 e. The highest BCUT2D eigenvalue weighted by Crippen LogP contribution is 2.28. The summed E-state index contributed by atoms with van der Waals surface area (Å²) < 4.78 is 5.80. The molecule has 5 rings (SSSR count). The van der Waals surface area contributed by atoms with E-state index in [-0.39, 0.29) is 17.9 Å². The standard InChI is InChI=1S/C31H24ClNO5/c32-25-11-8-20(9-12-25)22-6-7-23-18-29(38-28(23)17-22)30(35)33-27(31(36)37)16-21-10-13-26(34)15-24(21)14-19-4-2-1-3-5-19/h1-13,15,17-18,27,34H,14,16H2,(H,33,35)(H,36,37)/t27-/m0/s1. The highest BCUT2D eigenvalue weighted by atomic mass is 35.5. The Labute approximate surface area is 224 Å². The van der Waals surface area contributed by atoms with E-state index in [2.05, 4.69) is 5.32 Å². The molecule has 0 bridgehead atoms. The zero-order valence-corrected chi connectivity index (χ0v) is 21.0. The van der Waals surface area contributed by atoms with E-state index in [0.29, 0.717) is 17.0 Å². The molecule has 0 aliphatic carbocycles. The van der Waals surface area contributed by atoms with Crippen LogP contribution < -0.4 is 5.32 Å². The lowest BCUT2D eigenvalue weighted by Crippen LogP contribution is -2.42. The number of rotatable bonds is 8. The lowest BCUT2D eigenvalue weighted by molar-refractivity contribution is -0.139. The van der Waals surface area contributed by atoms with E-state index in [4.69, 9.17) is 16.0 Å². The molecule has 0 unspecified atom stereocenters. The third kappa shape index (κ3) is 5.71. The third-order valence-electron chi connectivity index (χ3n) is 6.38. The smallest absolute Gasteiger partial charge is 0.326 e. The Morgan fingerprint density at radius 1 is 0.842 bits per heavy atom. The maximum atomic E-state index is 13.0. The van der Waals surface area contributed by atoms with Crippen LogP contribution in [0.15, 0.2) is 101 Å². The largest absolute Gasteiger partial charge is 0.508 e. The molecule has 0 radical (unpaired) electrons. The predicted octanol–water partition coefficient (Wildman–Crippen LogP) is 6.48. The van der Waals surface area contributed by atoms with Gasteiger partial charge in [0.15, 0.2) is 5.76 Å². The lowest BCUT2D eigenvalue weighted by atomic mass is 9.95. The fraction of sp³-hybridized carbons (Fsp3) is 0.0968. The highest BCUT2D eigenvalue weighted by Gasteiger charge is 2.24. The predicted molar refractivity (Wildman–Crippen MR) is 147 cm³/mol. The fourth-order valence-corrected chi connectivity index (χ4v) is 4.53. The van der Waals surface area contributed by atoms with Gasteiger partial charge in [-0.2, -0.15) is 0 Å². The Bertz CT molecular complexity index is 1610. The summed E-state index contributed by atoms with van der Waals surface area (Å²) in [6.45, 7) is 0. The normalized spacial score (nSPS) is 11.8. The van der Waals surface area contributed by atoms with Crippen LogP contribution in [-0.2, 0) is 17.6 Å². The van der Waals surface area contributed by atoms with Crippen LogP contribution in [0, 0.1) is 0 Å². The zero-order chi connectivity index (χ0) is 26.6. The summed E-state index contributed by atoms with van der Waals surface area (Å²) in [6, 6.07) is 27.9. The molecule has 0 aliphatic rings. The first kappa shape index (κ1) is 25.1. The fourth-order valence-electron chi connectivity index (χ4n) is 4.41. The van der Waals surface area contributed by atoms with Crippen LogP contribution in [0.2, 0.25) is 5.02 Å². The van der Waals surface area contributed by atoms with Crippen LogP contribution >= 0.6 is 11.6 Å². The number of carboxylic acids is 1. The van der Waals surface area contributed by atoms with E-state index in [1.165, 1.54) is 6.07 Å². The minimum atomic E-state index is -1.19. The first-order valence-electron chi connectivity index (χ1n) is 12.0. The van der Waals surface area contributed by atoms with Crippen molar-refractivity contribution in [2.45, 2.75) is 18.9 Å². The van der Waals surface area contributed by atoms with Crippen LogP contribution in [-0.4, -0.2) is 28.1 Å². The molecule has 0 spiro atoms. The Morgan fingerprint density at radius 3 is 2.32 bits per heavy atom. The first-order chi connectivity index (χ1) is 18.4. The van der Waals surface area contributed by atoms with Gasteiger partial charge in [0.1, 0.15) is 17.4 Å². The van der Waals surface area contributed by atoms with E-state index in [0.717, 1.165) is 33.2 Å². The van der Waals surface area contributed by atoms with Crippen LogP contribution in [0.3, 0.4) is 0 Å². The molecule has 1 amide bonds. The molecule has 3 N–H and O–H groups in total. The molecule has 4 aromatic carbocycles. The molecule has 5 aromatic rings. The van der Waals surface area contributed by atoms with Gasteiger partial charge in [-0.3, -0.25) is 4.79 Å². The van der Waals surface area contributed by atoms with Crippen molar-refractivity contribution in [2.24, 2.45) is 0 Å². The monoisotopic (exact) mass is 525 g/mol. The second kappa shape index (κ2) is 10.8. The second-order valence-electron chi connectivity index (χ2n) is 9.05. The number of carbonyl (C=O) groups is 2. The van der Waals surface area contributed by atoms with Gasteiger partial charge in [-0.15, -0.1) is 0 Å². The summed E-state index contributed by atoms with van der Waals surface area (Å²) in [5.74, 6) is -1.67. The zero-order valence-electron chi connectivity index (χ0n) is 20.2. The maximum Gasteiger partial charge on any atom is 0.326 e. The Hall–Kier alpha value is -4.55. The van der Waals surface area contributed by atoms with Crippen molar-refractivity contribution >= 4 is 34.4 Å². The van der Waals surface area contributed by atoms with Crippen molar-refractivity contribution in [1.82, 2.24) is 5.32 Å². The molecule has 0 fully saturated rings. The summed E-state index contributed by atoms with van der Waals surface area (Å²) in [6.07, 6.45) is 0.564. The number of carbonyl (C=O) groups excluding carboxylic acids is 1. The summed E-state index contributed by atoms with van der Waals surface area (Å²) in [5, 5.41) is 23.9. The number of phenolic OH excluding ortho intramolecular Hbond substituents is 1. The van der Waals surface area contributed by atoms with Crippen LogP contribution in [0.25, 0.3) is 22.1 Å². The minimum absolute atomic E-state index is 0.0229. The average molecular weight is 526 g/mol. The lowest BCUT2D eigenvalue weighted by Gasteiger charge is -2.17. The number of carboxylic acid groups (broad SMARTS) is 1. The summed E-state index contributed by atoms with van der Waals surface area (Å²) in [5.41, 5.74) is 4.89. The average Bonchev–Trinajstić information content (AvgIpc) is 3.34. The van der Waals surface area contributed by atoms with E-state index in [1.807, 2.05) is 60.7 Å². The number of hydrogen-bond donors (Lipinski definition) is 3. The van der Waals surface area contributed by atoms with Crippen molar-refractivity contribution in [2.75, 3.05) is 0 Å². The first-order valence-corrected chi connectivity index (χ1v) is 12.4. The van der Waals surface area contributed by atoms with E-state index in [1.54, 1.807) is 30.3 Å². The van der Waals surface area contributed by atoms with Gasteiger partial charge >= 0.3 is 5.97 Å². The Morgan fingerprint density at radius 2 is 1.58 bits per heavy atom. The van der Waals surface area contributed by atoms with E-state index >= 15 is 0 Å². The van der Waals surface area contributed by atoms with Gasteiger partial charge in [-0.1, -0.05) is 72.3 Å². The van der Waals surface area contributed by atoms with Gasteiger partial charge in [-0.05, 0) is 70.6 Å². The Kier molecular flexibility index (Phi) is 7.15. The van der Waals surface area contributed by atoms with Crippen molar-refractivity contribution in [3.63, 3.8) is 0 Å². The Balaban J connectivity index is 1.35. The molecule has 0 saturated heterocycles. The van der Waals surface area contributed by atoms with E-state index < -0.39 is 17.9 Å². The van der Waals surface area contributed by atoms with Gasteiger partial charge in [0, 0.05) is 16.8 Å². The number of phenols is 1. The highest BCUT2D eigenvalue weighted by molar-refractivity contribution is 6.30. The number of furan rings is 1. The molecule has 0 saturated carbocycles. The second-order valence-corrected chi connectivity index (χ2v) is 9.49. The molecule has 1 aromatic heterocycles. The molecule has 6 nitrogen and oxygen atoms in total. The molecular weight excluding hydrogens is 502 g/mol. The van der Waals surface area contributed by atoms with Crippen molar-refractivity contribution in [1.29, 1.82) is 0 Å². The topological polar surface area (TPSA) is 99.8 Å². The van der Waals surface area contributed by atoms with Gasteiger partial charge < -0.3 is 19.9 Å². The van der Waals surface area contributed by atoms with Crippen molar-refractivity contribution < 1.29 is 24.2 Å². The number of aliphatic carboxylic acids is 1. The molecular formula is C31H24ClNO5. The molecule has 38 heavy (non-hydrogen) atoms. The summed E-state index contributed by atoms with van der Waals surface area (Å²) in [4.78, 5) is 25.1. The van der Waals surface area contributed by atoms with Gasteiger partial charge in [0.25, 0.3) is 5.91 Å². The number of aromatic hydroxyl groups is 1. The number of nitrogens with one attached hydrogen (secondary N) is 1. The molecule has 0 aliphatic heterocycles. The van der Waals surface area contributed by atoms with Gasteiger partial charge in [0.05, 0.1) is 0 Å². The number of halogens is 1. The van der Waals surface area contributed by atoms with Gasteiger partial charge in [0.2, 0.25) is 0 Å². The molecule has 1 atom stereocenters. The number of amides is 1. The van der Waals surface area contributed by atoms with Crippen LogP contribution in [0.1, 0.15) is 27.2 Å². The van der Waals surface area contributed by atoms with Crippen LogP contribution in [0.5, 0.6) is 5.75 Å². The van der Waals surface area contributed by atoms with Gasteiger partial charge in [-0.25, -0.2) is 4.79 Å². The molecule has 1 heterocycles. The number of benzene rings is 4. The summed E-state index contributed by atoms with van der Waals surface area (Å²) >= 11 is 5.98. The van der Waals surface area contributed by atoms with Crippen molar-refractivity contribution in [3.05, 3.63) is 125 Å². The maximum absolute atomic E-state index is 13.0. The summed E-state index contributed by atoms with van der Waals surface area (Å²) in [7, 11) is 0. The quantitative estimate of drug-likeness (QED) is 0.215. The molecule has 190 valence electrons. The number of hydrogen-bond acceptors (Lipinski definition) is 4. The van der Waals surface area contributed by atoms with Crippen molar-refractivity contribution in [3.8, 4) is 16.9 Å². The molecule has 7 heteroatoms. The number of fused-ring (bicyclic) bond motifs is 1. The van der Waals surface area contributed by atoms with Crippen LogP contribution in [0.4, 0.5) is 0 Å². The van der Waals surface area contributed by atoms with E-state index in [9.17, 15) is 19.8 Å².